The van der Waals surface area contributed by atoms with Gasteiger partial charge in [0.25, 0.3) is 0 Å². The van der Waals surface area contributed by atoms with E-state index in [4.69, 9.17) is 9.47 Å². The number of ketones is 2. The van der Waals surface area contributed by atoms with Crippen LogP contribution in [0, 0.1) is 17.3 Å². The van der Waals surface area contributed by atoms with E-state index >= 15 is 0 Å². The van der Waals surface area contributed by atoms with Crippen LogP contribution in [0.5, 0.6) is 0 Å². The smallest absolute Gasteiger partial charge is 0.408 e. The van der Waals surface area contributed by atoms with Crippen LogP contribution in [0.15, 0.2) is 24.0 Å². The fraction of sp³-hybridized carbons (Fsp3) is 0.692. The van der Waals surface area contributed by atoms with Gasteiger partial charge in [-0.1, -0.05) is 40.7 Å². The van der Waals surface area contributed by atoms with Crippen LogP contribution in [0.1, 0.15) is 86.3 Å². The number of Topliss-reactive ketones (excluding diaryl/α,β-unsaturated/α-hetero) is 2. The summed E-state index contributed by atoms with van der Waals surface area (Å²) in [6.45, 7) is 19.5. The Morgan fingerprint density at radius 3 is 2.26 bits per heavy atom. The van der Waals surface area contributed by atoms with E-state index < -0.39 is 23.2 Å². The first-order valence-electron chi connectivity index (χ1n) is 11.9. The fourth-order valence-electron chi connectivity index (χ4n) is 3.43. The lowest BCUT2D eigenvalue weighted by molar-refractivity contribution is -0.124. The second kappa shape index (κ2) is 12.3. The molecule has 0 aliphatic carbocycles. The molecule has 0 radical (unpaired) electrons. The number of ether oxygens (including phenoxy) is 2. The molecule has 0 bridgehead atoms. The minimum Gasteiger partial charge on any atom is -0.444 e. The zero-order valence-corrected chi connectivity index (χ0v) is 22.5. The van der Waals surface area contributed by atoms with Crippen LogP contribution < -0.4 is 5.32 Å². The number of amides is 1. The number of nitrogens with one attached hydrogen (secondary N) is 1. The number of aromatic nitrogens is 2. The highest BCUT2D eigenvalue weighted by atomic mass is 16.6. The average molecular weight is 478 g/mol. The summed E-state index contributed by atoms with van der Waals surface area (Å²) in [5.74, 6) is -0.0855. The molecule has 0 saturated heterocycles. The number of alkyl carbamates (subject to hydrolysis) is 1. The van der Waals surface area contributed by atoms with Crippen molar-refractivity contribution in [3.63, 3.8) is 0 Å². The summed E-state index contributed by atoms with van der Waals surface area (Å²) in [6.07, 6.45) is 4.69. The molecule has 0 spiro atoms. The molecule has 0 saturated carbocycles. The van der Waals surface area contributed by atoms with Crippen molar-refractivity contribution in [3.05, 3.63) is 29.9 Å². The highest BCUT2D eigenvalue weighted by molar-refractivity contribution is 6.06. The van der Waals surface area contributed by atoms with Crippen LogP contribution in [0.3, 0.4) is 0 Å². The van der Waals surface area contributed by atoms with E-state index in [2.05, 4.69) is 10.3 Å². The number of rotatable bonds is 11. The van der Waals surface area contributed by atoms with E-state index in [0.29, 0.717) is 18.0 Å². The molecule has 8 heteroatoms. The van der Waals surface area contributed by atoms with Crippen molar-refractivity contribution in [2.24, 2.45) is 17.3 Å². The summed E-state index contributed by atoms with van der Waals surface area (Å²) in [6, 6.07) is -0.724. The zero-order chi connectivity index (χ0) is 26.3. The van der Waals surface area contributed by atoms with Crippen molar-refractivity contribution in [2.45, 2.75) is 94.0 Å². The molecule has 1 heterocycles. The van der Waals surface area contributed by atoms with Gasteiger partial charge in [-0.05, 0) is 57.4 Å². The predicted octanol–water partition coefficient (Wildman–Crippen LogP) is 5.18. The Labute approximate surface area is 204 Å². The molecule has 0 aliphatic heterocycles. The van der Waals surface area contributed by atoms with Crippen molar-refractivity contribution in [1.29, 1.82) is 0 Å². The number of carbonyl (C=O) groups excluding carboxylic acids is 3. The lowest BCUT2D eigenvalue weighted by atomic mass is 9.79. The van der Waals surface area contributed by atoms with Crippen LogP contribution in [-0.2, 0) is 21.0 Å². The van der Waals surface area contributed by atoms with Crippen LogP contribution in [0.4, 0.5) is 4.79 Å². The molecule has 1 N–H and O–H groups in total. The molecule has 192 valence electrons. The first-order valence-corrected chi connectivity index (χ1v) is 11.9. The van der Waals surface area contributed by atoms with Gasteiger partial charge >= 0.3 is 6.09 Å². The number of nitrogens with zero attached hydrogens (tertiary/aromatic N) is 2. The molecule has 2 atom stereocenters. The zero-order valence-electron chi connectivity index (χ0n) is 22.5. The van der Waals surface area contributed by atoms with Crippen molar-refractivity contribution in [3.8, 4) is 0 Å². The van der Waals surface area contributed by atoms with Gasteiger partial charge in [-0.2, -0.15) is 0 Å². The maximum Gasteiger partial charge on any atom is 0.408 e. The summed E-state index contributed by atoms with van der Waals surface area (Å²) in [5.41, 5.74) is -0.652. The molecule has 34 heavy (non-hydrogen) atoms. The highest BCUT2D eigenvalue weighted by Crippen LogP contribution is 2.27. The molecule has 0 fully saturated rings. The summed E-state index contributed by atoms with van der Waals surface area (Å²) >= 11 is 0. The molecular formula is C26H43N3O5. The first kappa shape index (κ1) is 29.6. The van der Waals surface area contributed by atoms with E-state index in [1.165, 1.54) is 0 Å². The lowest BCUT2D eigenvalue weighted by Crippen LogP contribution is -2.50. The van der Waals surface area contributed by atoms with Crippen molar-refractivity contribution >= 4 is 17.7 Å². The monoisotopic (exact) mass is 477 g/mol. The molecule has 0 aromatic carbocycles. The van der Waals surface area contributed by atoms with Gasteiger partial charge < -0.3 is 19.4 Å². The van der Waals surface area contributed by atoms with Crippen LogP contribution in [0.2, 0.25) is 0 Å². The number of hydrogen-bond acceptors (Lipinski definition) is 6. The Balaban J connectivity index is 3.07. The Morgan fingerprint density at radius 1 is 1.15 bits per heavy atom. The lowest BCUT2D eigenvalue weighted by Gasteiger charge is -2.32. The Morgan fingerprint density at radius 2 is 1.76 bits per heavy atom. The maximum absolute atomic E-state index is 13.3. The summed E-state index contributed by atoms with van der Waals surface area (Å²) < 4.78 is 12.4. The van der Waals surface area contributed by atoms with E-state index in [9.17, 15) is 14.4 Å². The Hall–Kier alpha value is -2.48. The van der Waals surface area contributed by atoms with E-state index in [1.807, 2.05) is 47.6 Å². The Bertz CT molecular complexity index is 872. The maximum atomic E-state index is 13.3. The number of imidazole rings is 1. The molecule has 1 amide bonds. The largest absolute Gasteiger partial charge is 0.444 e. The molecule has 8 nitrogen and oxygen atoms in total. The van der Waals surface area contributed by atoms with Gasteiger partial charge in [-0.25, -0.2) is 9.78 Å². The van der Waals surface area contributed by atoms with Crippen LogP contribution >= 0.6 is 0 Å². The van der Waals surface area contributed by atoms with Crippen molar-refractivity contribution < 1.29 is 23.9 Å². The SMILES string of the molecule is CCOCn1ccnc1C(=O)C(C)=CC(CC(=O)C(NC(=O)OC(C)(C)C)C(C)(C)C)C(C)C. The topological polar surface area (TPSA) is 99.5 Å². The molecule has 1 aromatic rings. The molecule has 1 rings (SSSR count). The number of allylic oxidation sites excluding steroid dienone is 2. The quantitative estimate of drug-likeness (QED) is 0.348. The van der Waals surface area contributed by atoms with Gasteiger partial charge in [0.2, 0.25) is 5.78 Å². The third kappa shape index (κ3) is 9.41. The van der Waals surface area contributed by atoms with E-state index in [0.717, 1.165) is 0 Å². The van der Waals surface area contributed by atoms with E-state index in [1.54, 1.807) is 44.7 Å². The van der Waals surface area contributed by atoms with Crippen molar-refractivity contribution in [2.75, 3.05) is 6.61 Å². The van der Waals surface area contributed by atoms with Gasteiger partial charge in [0.05, 0.1) is 6.04 Å². The average Bonchev–Trinajstić information content (AvgIpc) is 3.15. The number of hydrogen-bond donors (Lipinski definition) is 1. The second-order valence-electron chi connectivity index (χ2n) is 11.0. The van der Waals surface area contributed by atoms with Gasteiger partial charge in [-0.3, -0.25) is 9.59 Å². The van der Waals surface area contributed by atoms with Crippen LogP contribution in [-0.4, -0.2) is 45.5 Å². The molecule has 2 unspecified atom stereocenters. The minimum absolute atomic E-state index is 0.105. The third-order valence-electron chi connectivity index (χ3n) is 5.32. The highest BCUT2D eigenvalue weighted by Gasteiger charge is 2.35. The summed E-state index contributed by atoms with van der Waals surface area (Å²) in [4.78, 5) is 43.0. The molecular weight excluding hydrogens is 434 g/mol. The van der Waals surface area contributed by atoms with Gasteiger partial charge in [0, 0.05) is 25.4 Å². The predicted molar refractivity (Wildman–Crippen MR) is 133 cm³/mol. The fourth-order valence-corrected chi connectivity index (χ4v) is 3.43. The standard InChI is InChI=1S/C26H43N3O5/c1-11-33-16-29-13-12-27-23(29)21(31)18(4)14-19(17(2)3)15-20(30)22(25(5,6)7)28-24(32)34-26(8,9)10/h12-14,17,19,22H,11,15-16H2,1-10H3,(H,28,32). The minimum atomic E-state index is -0.724. The van der Waals surface area contributed by atoms with Gasteiger partial charge in [0.15, 0.2) is 11.6 Å². The molecule has 0 aliphatic rings. The second-order valence-corrected chi connectivity index (χ2v) is 11.0. The third-order valence-corrected chi connectivity index (χ3v) is 5.32. The summed E-state index contributed by atoms with van der Waals surface area (Å²) in [7, 11) is 0. The normalized spacial score (nSPS) is 14.6. The Kier molecular flexibility index (Phi) is 10.7. The van der Waals surface area contributed by atoms with Crippen LogP contribution in [0.25, 0.3) is 0 Å². The van der Waals surface area contributed by atoms with Gasteiger partial charge in [0.1, 0.15) is 12.3 Å². The first-order chi connectivity index (χ1) is 15.6. The number of carbonyl (C=O) groups is 3. The summed E-state index contributed by atoms with van der Waals surface area (Å²) in [5, 5.41) is 2.76. The molecule has 1 aromatic heterocycles. The van der Waals surface area contributed by atoms with E-state index in [-0.39, 0.29) is 36.6 Å². The van der Waals surface area contributed by atoms with Gasteiger partial charge in [-0.15, -0.1) is 0 Å². The van der Waals surface area contributed by atoms with Crippen molar-refractivity contribution in [1.82, 2.24) is 14.9 Å².